The van der Waals surface area contributed by atoms with E-state index in [0.29, 0.717) is 29.7 Å². The van der Waals surface area contributed by atoms with Crippen molar-refractivity contribution in [3.8, 4) is 5.69 Å². The summed E-state index contributed by atoms with van der Waals surface area (Å²) in [6.07, 6.45) is -3.22. The maximum atomic E-state index is 13.1. The van der Waals surface area contributed by atoms with E-state index in [-0.39, 0.29) is 5.69 Å². The highest BCUT2D eigenvalue weighted by Gasteiger charge is 2.34. The number of carbonyl (C=O) groups is 1. The van der Waals surface area contributed by atoms with Crippen molar-refractivity contribution in [1.29, 1.82) is 0 Å². The number of halogens is 3. The van der Waals surface area contributed by atoms with E-state index in [0.717, 1.165) is 6.07 Å². The van der Waals surface area contributed by atoms with Crippen LogP contribution in [0, 0.1) is 6.92 Å². The number of aromatic nitrogens is 1. The lowest BCUT2D eigenvalue weighted by atomic mass is 10.1. The van der Waals surface area contributed by atoms with Gasteiger partial charge in [0.15, 0.2) is 6.29 Å². The van der Waals surface area contributed by atoms with Crippen molar-refractivity contribution < 1.29 is 18.0 Å². The number of nitrogens with zero attached hydrogens (tertiary/aromatic N) is 1. The smallest absolute Gasteiger partial charge is 0.317 e. The van der Waals surface area contributed by atoms with Gasteiger partial charge in [-0.3, -0.25) is 4.79 Å². The van der Waals surface area contributed by atoms with Gasteiger partial charge >= 0.3 is 6.18 Å². The van der Waals surface area contributed by atoms with Gasteiger partial charge in [-0.2, -0.15) is 13.2 Å². The van der Waals surface area contributed by atoms with E-state index in [2.05, 4.69) is 0 Å². The largest absolute Gasteiger partial charge is 0.418 e. The quantitative estimate of drug-likeness (QED) is 0.774. The minimum absolute atomic E-state index is 0.0578. The molecule has 0 spiro atoms. The highest BCUT2D eigenvalue weighted by Crippen LogP contribution is 2.35. The van der Waals surface area contributed by atoms with E-state index in [9.17, 15) is 18.0 Å². The lowest BCUT2D eigenvalue weighted by Crippen LogP contribution is -2.12. The van der Waals surface area contributed by atoms with E-state index in [1.807, 2.05) is 6.92 Å². The van der Waals surface area contributed by atoms with Gasteiger partial charge in [-0.25, -0.2) is 0 Å². The lowest BCUT2D eigenvalue weighted by Gasteiger charge is -2.17. The number of aryl methyl sites for hydroxylation is 1. The van der Waals surface area contributed by atoms with Gasteiger partial charge in [0, 0.05) is 17.0 Å². The zero-order chi connectivity index (χ0) is 14.9. The number of rotatable bonds is 3. The fourth-order valence-corrected chi connectivity index (χ4v) is 2.32. The van der Waals surface area contributed by atoms with Crippen molar-refractivity contribution in [3.63, 3.8) is 0 Å². The van der Waals surface area contributed by atoms with Crippen LogP contribution in [0.15, 0.2) is 30.3 Å². The van der Waals surface area contributed by atoms with Gasteiger partial charge in [0.1, 0.15) is 0 Å². The van der Waals surface area contributed by atoms with Gasteiger partial charge in [-0.05, 0) is 31.5 Å². The topological polar surface area (TPSA) is 22.0 Å². The number of benzene rings is 1. The highest BCUT2D eigenvalue weighted by atomic mass is 19.4. The summed E-state index contributed by atoms with van der Waals surface area (Å²) in [5.74, 6) is 0. The molecule has 5 heteroatoms. The van der Waals surface area contributed by atoms with Gasteiger partial charge in [-0.1, -0.05) is 19.1 Å². The molecule has 1 aromatic heterocycles. The molecule has 0 atom stereocenters. The van der Waals surface area contributed by atoms with Crippen LogP contribution in [0.5, 0.6) is 0 Å². The van der Waals surface area contributed by atoms with Crippen LogP contribution in [0.25, 0.3) is 5.69 Å². The van der Waals surface area contributed by atoms with Gasteiger partial charge in [0.2, 0.25) is 0 Å². The number of para-hydroxylation sites is 1. The Labute approximate surface area is 114 Å². The van der Waals surface area contributed by atoms with E-state index < -0.39 is 11.7 Å². The Kier molecular flexibility index (Phi) is 3.70. The standard InChI is InChI=1S/C15H14F3NO/c1-3-12-8-11(9-20)10(2)19(12)14-7-5-4-6-13(14)15(16,17)18/h4-9H,3H2,1-2H3. The Morgan fingerprint density at radius 1 is 1.25 bits per heavy atom. The molecule has 106 valence electrons. The molecule has 1 aromatic carbocycles. The Balaban J connectivity index is 2.75. The molecule has 2 nitrogen and oxygen atoms in total. The van der Waals surface area contributed by atoms with Crippen LogP contribution >= 0.6 is 0 Å². The van der Waals surface area contributed by atoms with Crippen LogP contribution in [0.4, 0.5) is 13.2 Å². The zero-order valence-corrected chi connectivity index (χ0v) is 11.2. The van der Waals surface area contributed by atoms with Crippen LogP contribution in [-0.4, -0.2) is 10.9 Å². The SMILES string of the molecule is CCc1cc(C=O)c(C)n1-c1ccccc1C(F)(F)F. The summed E-state index contributed by atoms with van der Waals surface area (Å²) >= 11 is 0. The normalized spacial score (nSPS) is 11.7. The maximum Gasteiger partial charge on any atom is 0.418 e. The monoisotopic (exact) mass is 281 g/mol. The molecule has 1 heterocycles. The maximum absolute atomic E-state index is 13.1. The molecular weight excluding hydrogens is 267 g/mol. The van der Waals surface area contributed by atoms with Crippen LogP contribution < -0.4 is 0 Å². The molecule has 2 rings (SSSR count). The summed E-state index contributed by atoms with van der Waals surface area (Å²) in [6.45, 7) is 3.49. The average molecular weight is 281 g/mol. The van der Waals surface area contributed by atoms with Crippen molar-refractivity contribution >= 4 is 6.29 Å². The predicted octanol–water partition coefficient (Wildman–Crippen LogP) is 4.18. The van der Waals surface area contributed by atoms with Crippen molar-refractivity contribution in [1.82, 2.24) is 4.57 Å². The summed E-state index contributed by atoms with van der Waals surface area (Å²) in [4.78, 5) is 11.0. The summed E-state index contributed by atoms with van der Waals surface area (Å²) < 4.78 is 40.8. The van der Waals surface area contributed by atoms with Gasteiger partial charge in [0.25, 0.3) is 0 Å². The van der Waals surface area contributed by atoms with Gasteiger partial charge < -0.3 is 4.57 Å². The summed E-state index contributed by atoms with van der Waals surface area (Å²) in [7, 11) is 0. The van der Waals surface area contributed by atoms with Crippen LogP contribution in [0.2, 0.25) is 0 Å². The summed E-state index contributed by atoms with van der Waals surface area (Å²) in [5.41, 5.74) is 0.974. The molecule has 0 saturated carbocycles. The second-order valence-corrected chi connectivity index (χ2v) is 4.50. The van der Waals surface area contributed by atoms with Crippen molar-refractivity contribution in [2.75, 3.05) is 0 Å². The summed E-state index contributed by atoms with van der Waals surface area (Å²) in [6, 6.07) is 7.02. The number of hydrogen-bond acceptors (Lipinski definition) is 1. The molecule has 0 amide bonds. The molecular formula is C15H14F3NO. The molecule has 0 saturated heterocycles. The molecule has 0 unspecified atom stereocenters. The van der Waals surface area contributed by atoms with E-state index >= 15 is 0 Å². The fourth-order valence-electron chi connectivity index (χ4n) is 2.32. The number of carbonyl (C=O) groups excluding carboxylic acids is 1. The predicted molar refractivity (Wildman–Crippen MR) is 70.3 cm³/mol. The third kappa shape index (κ3) is 2.35. The van der Waals surface area contributed by atoms with E-state index in [1.165, 1.54) is 16.7 Å². The molecule has 0 aliphatic carbocycles. The fraction of sp³-hybridized carbons (Fsp3) is 0.267. The first-order valence-electron chi connectivity index (χ1n) is 6.23. The second kappa shape index (κ2) is 5.15. The first kappa shape index (κ1) is 14.4. The Morgan fingerprint density at radius 2 is 1.90 bits per heavy atom. The molecule has 2 aromatic rings. The first-order valence-corrected chi connectivity index (χ1v) is 6.23. The molecule has 0 N–H and O–H groups in total. The van der Waals surface area contributed by atoms with Gasteiger partial charge in [0.05, 0.1) is 11.3 Å². The molecule has 0 bridgehead atoms. The van der Waals surface area contributed by atoms with Crippen LogP contribution in [0.1, 0.15) is 34.2 Å². The molecule has 0 radical (unpaired) electrons. The van der Waals surface area contributed by atoms with E-state index in [1.54, 1.807) is 19.1 Å². The second-order valence-electron chi connectivity index (χ2n) is 4.50. The van der Waals surface area contributed by atoms with Crippen LogP contribution in [-0.2, 0) is 12.6 Å². The molecule has 0 aliphatic rings. The van der Waals surface area contributed by atoms with Crippen LogP contribution in [0.3, 0.4) is 0 Å². The highest BCUT2D eigenvalue weighted by molar-refractivity contribution is 5.78. The minimum atomic E-state index is -4.43. The minimum Gasteiger partial charge on any atom is -0.317 e. The molecule has 0 fully saturated rings. The Hall–Kier alpha value is -2.04. The van der Waals surface area contributed by atoms with E-state index in [4.69, 9.17) is 0 Å². The average Bonchev–Trinajstić information content (AvgIpc) is 2.74. The van der Waals surface area contributed by atoms with Crippen molar-refractivity contribution in [2.24, 2.45) is 0 Å². The van der Waals surface area contributed by atoms with Crippen molar-refractivity contribution in [3.05, 3.63) is 52.8 Å². The zero-order valence-electron chi connectivity index (χ0n) is 11.2. The number of aldehydes is 1. The third-order valence-electron chi connectivity index (χ3n) is 3.30. The molecule has 20 heavy (non-hydrogen) atoms. The van der Waals surface area contributed by atoms with Gasteiger partial charge in [-0.15, -0.1) is 0 Å². The molecule has 0 aliphatic heterocycles. The Bertz CT molecular complexity index is 641. The summed E-state index contributed by atoms with van der Waals surface area (Å²) in [5, 5.41) is 0. The first-order chi connectivity index (χ1) is 9.40. The number of alkyl halides is 3. The third-order valence-corrected chi connectivity index (χ3v) is 3.30. The Morgan fingerprint density at radius 3 is 2.45 bits per heavy atom. The van der Waals surface area contributed by atoms with Crippen molar-refractivity contribution in [2.45, 2.75) is 26.4 Å². The lowest BCUT2D eigenvalue weighted by molar-refractivity contribution is -0.137. The number of hydrogen-bond donors (Lipinski definition) is 0.